The van der Waals surface area contributed by atoms with Crippen molar-refractivity contribution in [3.05, 3.63) is 42.0 Å². The van der Waals surface area contributed by atoms with Gasteiger partial charge >= 0.3 is 0 Å². The largest absolute Gasteiger partial charge is 0.397 e. The lowest BCUT2D eigenvalue weighted by atomic mass is 10.1. The molecule has 0 fully saturated rings. The van der Waals surface area contributed by atoms with Crippen molar-refractivity contribution in [3.63, 3.8) is 0 Å². The molecule has 0 spiro atoms. The molecule has 2 rings (SSSR count). The number of carbonyl (C=O) groups excluding carboxylic acids is 1. The normalized spacial score (nSPS) is 10.3. The summed E-state index contributed by atoms with van der Waals surface area (Å²) in [5.41, 5.74) is 7.86. The quantitative estimate of drug-likeness (QED) is 0.718. The number of carbonyl (C=O) groups is 1. The van der Waals surface area contributed by atoms with Gasteiger partial charge in [-0.25, -0.2) is 4.98 Å². The smallest absolute Gasteiger partial charge is 0.251 e. The van der Waals surface area contributed by atoms with E-state index >= 15 is 0 Å². The Bertz CT molecular complexity index is 605. The number of nitrogens with two attached hydrogens (primary N) is 1. The van der Waals surface area contributed by atoms with Gasteiger partial charge in [-0.05, 0) is 25.1 Å². The molecule has 1 aromatic heterocycles. The van der Waals surface area contributed by atoms with Gasteiger partial charge in [0.2, 0.25) is 0 Å². The number of amides is 1. The lowest BCUT2D eigenvalue weighted by Crippen LogP contribution is -2.22. The van der Waals surface area contributed by atoms with Crippen LogP contribution in [-0.2, 0) is 13.6 Å². The first-order chi connectivity index (χ1) is 9.61. The van der Waals surface area contributed by atoms with Crippen molar-refractivity contribution in [3.8, 4) is 0 Å². The van der Waals surface area contributed by atoms with E-state index in [1.165, 1.54) is 0 Å². The maximum atomic E-state index is 11.7. The standard InChI is InChI=1S/C14H19N5O/c1-3-16-14(20)10-4-5-12(11(15)8-10)18-9-13-17-6-7-19(13)2/h4-8,18H,3,9,15H2,1-2H3,(H,16,20). The predicted octanol–water partition coefficient (Wildman–Crippen LogP) is 1.36. The van der Waals surface area contributed by atoms with Gasteiger partial charge in [-0.2, -0.15) is 0 Å². The molecule has 1 heterocycles. The van der Waals surface area contributed by atoms with E-state index in [9.17, 15) is 4.79 Å². The summed E-state index contributed by atoms with van der Waals surface area (Å²) in [6.45, 7) is 3.05. The second-order valence-corrected chi connectivity index (χ2v) is 4.47. The van der Waals surface area contributed by atoms with Gasteiger partial charge in [-0.15, -0.1) is 0 Å². The third-order valence-electron chi connectivity index (χ3n) is 3.01. The molecule has 0 aliphatic carbocycles. The summed E-state index contributed by atoms with van der Waals surface area (Å²) in [5, 5.41) is 5.96. The third-order valence-corrected chi connectivity index (χ3v) is 3.01. The number of imidazole rings is 1. The Morgan fingerprint density at radius 1 is 1.45 bits per heavy atom. The third kappa shape index (κ3) is 3.09. The number of benzene rings is 1. The summed E-state index contributed by atoms with van der Waals surface area (Å²) in [6, 6.07) is 5.23. The van der Waals surface area contributed by atoms with Crippen LogP contribution >= 0.6 is 0 Å². The molecule has 0 radical (unpaired) electrons. The van der Waals surface area contributed by atoms with E-state index in [-0.39, 0.29) is 5.91 Å². The Morgan fingerprint density at radius 3 is 2.85 bits per heavy atom. The number of aromatic nitrogens is 2. The van der Waals surface area contributed by atoms with Gasteiger partial charge in [-0.1, -0.05) is 0 Å². The maximum Gasteiger partial charge on any atom is 0.251 e. The van der Waals surface area contributed by atoms with E-state index in [2.05, 4.69) is 15.6 Å². The minimum Gasteiger partial charge on any atom is -0.397 e. The Hall–Kier alpha value is -2.50. The van der Waals surface area contributed by atoms with E-state index in [1.54, 1.807) is 18.3 Å². The second-order valence-electron chi connectivity index (χ2n) is 4.47. The first-order valence-corrected chi connectivity index (χ1v) is 6.49. The summed E-state index contributed by atoms with van der Waals surface area (Å²) >= 11 is 0. The van der Waals surface area contributed by atoms with Crippen LogP contribution in [0.15, 0.2) is 30.6 Å². The monoisotopic (exact) mass is 273 g/mol. The fourth-order valence-corrected chi connectivity index (χ4v) is 1.87. The molecule has 4 N–H and O–H groups in total. The van der Waals surface area contributed by atoms with Crippen molar-refractivity contribution in [1.82, 2.24) is 14.9 Å². The van der Waals surface area contributed by atoms with Crippen molar-refractivity contribution in [2.75, 3.05) is 17.6 Å². The first kappa shape index (κ1) is 13.9. The number of nitrogens with one attached hydrogen (secondary N) is 2. The number of anilines is 2. The van der Waals surface area contributed by atoms with E-state index in [4.69, 9.17) is 5.73 Å². The molecule has 6 nitrogen and oxygen atoms in total. The molecule has 6 heteroatoms. The molecular weight excluding hydrogens is 254 g/mol. The lowest BCUT2D eigenvalue weighted by Gasteiger charge is -2.11. The van der Waals surface area contributed by atoms with Gasteiger partial charge in [0.05, 0.1) is 17.9 Å². The summed E-state index contributed by atoms with van der Waals surface area (Å²) in [7, 11) is 1.94. The van der Waals surface area contributed by atoms with E-state index in [0.29, 0.717) is 24.3 Å². The van der Waals surface area contributed by atoms with Crippen LogP contribution in [0.2, 0.25) is 0 Å². The first-order valence-electron chi connectivity index (χ1n) is 6.49. The Balaban J connectivity index is 2.06. The van der Waals surface area contributed by atoms with Crippen molar-refractivity contribution < 1.29 is 4.79 Å². The molecule has 0 saturated carbocycles. The molecular formula is C14H19N5O. The molecule has 0 bridgehead atoms. The van der Waals surface area contributed by atoms with Crippen LogP contribution < -0.4 is 16.4 Å². The maximum absolute atomic E-state index is 11.7. The summed E-state index contributed by atoms with van der Waals surface area (Å²) in [6.07, 6.45) is 3.64. The average molecular weight is 273 g/mol. The highest BCUT2D eigenvalue weighted by Gasteiger charge is 2.07. The van der Waals surface area contributed by atoms with Crippen molar-refractivity contribution >= 4 is 17.3 Å². The van der Waals surface area contributed by atoms with Crippen molar-refractivity contribution in [2.45, 2.75) is 13.5 Å². The number of hydrogen-bond donors (Lipinski definition) is 3. The summed E-state index contributed by atoms with van der Waals surface area (Å²) in [5.74, 6) is 0.798. The number of nitrogens with zero attached hydrogens (tertiary/aromatic N) is 2. The van der Waals surface area contributed by atoms with Gasteiger partial charge in [0.15, 0.2) is 0 Å². The molecule has 20 heavy (non-hydrogen) atoms. The zero-order chi connectivity index (χ0) is 14.5. The molecule has 2 aromatic rings. The number of rotatable bonds is 5. The Kier molecular flexibility index (Phi) is 4.24. The van der Waals surface area contributed by atoms with Crippen LogP contribution in [0, 0.1) is 0 Å². The zero-order valence-electron chi connectivity index (χ0n) is 11.7. The summed E-state index contributed by atoms with van der Waals surface area (Å²) in [4.78, 5) is 15.9. The van der Waals surface area contributed by atoms with Crippen molar-refractivity contribution in [1.29, 1.82) is 0 Å². The predicted molar refractivity (Wildman–Crippen MR) is 79.4 cm³/mol. The highest BCUT2D eigenvalue weighted by Crippen LogP contribution is 2.20. The molecule has 0 aliphatic heterocycles. The molecule has 0 saturated heterocycles. The number of hydrogen-bond acceptors (Lipinski definition) is 4. The molecule has 0 unspecified atom stereocenters. The summed E-state index contributed by atoms with van der Waals surface area (Å²) < 4.78 is 1.94. The Labute approximate surface area is 118 Å². The van der Waals surface area contributed by atoms with Gasteiger partial charge in [0.1, 0.15) is 5.82 Å². The minimum absolute atomic E-state index is 0.116. The van der Waals surface area contributed by atoms with Crippen LogP contribution in [0.3, 0.4) is 0 Å². The van der Waals surface area contributed by atoms with Crippen LogP contribution in [-0.4, -0.2) is 22.0 Å². The van der Waals surface area contributed by atoms with E-state index in [1.807, 2.05) is 30.8 Å². The lowest BCUT2D eigenvalue weighted by molar-refractivity contribution is 0.0956. The molecule has 1 amide bonds. The van der Waals surface area contributed by atoms with Crippen LogP contribution in [0.25, 0.3) is 0 Å². The highest BCUT2D eigenvalue weighted by atomic mass is 16.1. The highest BCUT2D eigenvalue weighted by molar-refractivity contribution is 5.96. The van der Waals surface area contributed by atoms with Crippen molar-refractivity contribution in [2.24, 2.45) is 7.05 Å². The fourth-order valence-electron chi connectivity index (χ4n) is 1.87. The minimum atomic E-state index is -0.116. The molecule has 0 aliphatic rings. The fraction of sp³-hybridized carbons (Fsp3) is 0.286. The number of nitrogen functional groups attached to an aromatic ring is 1. The average Bonchev–Trinajstić information content (AvgIpc) is 2.83. The molecule has 106 valence electrons. The van der Waals surface area contributed by atoms with Gasteiger partial charge in [-0.3, -0.25) is 4.79 Å². The van der Waals surface area contributed by atoms with Crippen LogP contribution in [0.4, 0.5) is 11.4 Å². The number of aryl methyl sites for hydroxylation is 1. The Morgan fingerprint density at radius 2 is 2.25 bits per heavy atom. The van der Waals surface area contributed by atoms with Crippen LogP contribution in [0.1, 0.15) is 23.1 Å². The van der Waals surface area contributed by atoms with Gasteiger partial charge < -0.3 is 20.9 Å². The second kappa shape index (κ2) is 6.10. The van der Waals surface area contributed by atoms with Crippen LogP contribution in [0.5, 0.6) is 0 Å². The topological polar surface area (TPSA) is 85.0 Å². The SMILES string of the molecule is CCNC(=O)c1ccc(NCc2nccn2C)c(N)c1. The molecule has 0 atom stereocenters. The van der Waals surface area contributed by atoms with E-state index < -0.39 is 0 Å². The van der Waals surface area contributed by atoms with Gasteiger partial charge in [0.25, 0.3) is 5.91 Å². The zero-order valence-corrected chi connectivity index (χ0v) is 11.7. The van der Waals surface area contributed by atoms with Gasteiger partial charge in [0, 0.05) is 31.5 Å². The van der Waals surface area contributed by atoms with E-state index in [0.717, 1.165) is 11.5 Å². The molecule has 1 aromatic carbocycles.